The van der Waals surface area contributed by atoms with E-state index in [-0.39, 0.29) is 11.4 Å². The van der Waals surface area contributed by atoms with Crippen LogP contribution in [-0.2, 0) is 6.54 Å². The van der Waals surface area contributed by atoms with Crippen molar-refractivity contribution in [3.05, 3.63) is 34.1 Å². The van der Waals surface area contributed by atoms with Gasteiger partial charge in [-0.3, -0.25) is 4.90 Å². The Labute approximate surface area is 123 Å². The molecule has 0 aromatic heterocycles. The second kappa shape index (κ2) is 5.90. The van der Waals surface area contributed by atoms with Gasteiger partial charge >= 0.3 is 0 Å². The van der Waals surface area contributed by atoms with E-state index in [1.165, 1.54) is 0 Å². The zero-order chi connectivity index (χ0) is 14.0. The van der Waals surface area contributed by atoms with Gasteiger partial charge in [0.1, 0.15) is 5.82 Å². The third-order valence-corrected chi connectivity index (χ3v) is 4.48. The van der Waals surface area contributed by atoms with Crippen LogP contribution in [0.3, 0.4) is 0 Å². The predicted molar refractivity (Wildman–Crippen MR) is 80.7 cm³/mol. The minimum atomic E-state index is -0.128. The minimum absolute atomic E-state index is 0.0607. The highest BCUT2D eigenvalue weighted by molar-refractivity contribution is 9.10. The molecule has 1 unspecified atom stereocenters. The van der Waals surface area contributed by atoms with Crippen molar-refractivity contribution in [2.75, 3.05) is 13.1 Å². The van der Waals surface area contributed by atoms with Gasteiger partial charge in [-0.2, -0.15) is 0 Å². The van der Waals surface area contributed by atoms with Crippen molar-refractivity contribution in [2.24, 2.45) is 0 Å². The Kier molecular flexibility index (Phi) is 4.64. The molecule has 19 heavy (non-hydrogen) atoms. The van der Waals surface area contributed by atoms with Crippen LogP contribution in [0.4, 0.5) is 4.39 Å². The summed E-state index contributed by atoms with van der Waals surface area (Å²) in [6.45, 7) is 9.20. The highest BCUT2D eigenvalue weighted by Crippen LogP contribution is 2.24. The summed E-state index contributed by atoms with van der Waals surface area (Å²) >= 11 is 3.30. The molecule has 2 nitrogen and oxygen atoms in total. The maximum Gasteiger partial charge on any atom is 0.128 e. The molecule has 1 aromatic rings. The van der Waals surface area contributed by atoms with Gasteiger partial charge in [0.05, 0.1) is 0 Å². The second-order valence-electron chi connectivity index (χ2n) is 5.91. The monoisotopic (exact) mass is 328 g/mol. The Morgan fingerprint density at radius 2 is 2.21 bits per heavy atom. The van der Waals surface area contributed by atoms with Gasteiger partial charge in [0.25, 0.3) is 0 Å². The molecule has 0 aliphatic carbocycles. The van der Waals surface area contributed by atoms with E-state index in [0.717, 1.165) is 29.5 Å². The van der Waals surface area contributed by atoms with E-state index in [1.54, 1.807) is 6.07 Å². The van der Waals surface area contributed by atoms with Crippen LogP contribution in [0.5, 0.6) is 0 Å². The number of benzene rings is 1. The molecule has 1 aromatic carbocycles. The maximum atomic E-state index is 14.0. The molecule has 0 saturated carbocycles. The molecule has 1 aliphatic heterocycles. The summed E-state index contributed by atoms with van der Waals surface area (Å²) < 4.78 is 14.8. The molecular weight excluding hydrogens is 307 g/mol. The van der Waals surface area contributed by atoms with Gasteiger partial charge in [-0.15, -0.1) is 0 Å². The second-order valence-corrected chi connectivity index (χ2v) is 6.83. The molecule has 106 valence electrons. The Balaban J connectivity index is 2.15. The lowest BCUT2D eigenvalue weighted by molar-refractivity contribution is 0.0567. The first kappa shape index (κ1) is 14.9. The summed E-state index contributed by atoms with van der Waals surface area (Å²) in [5.41, 5.74) is 0.832. The number of hydrogen-bond donors (Lipinski definition) is 1. The number of nitrogens with one attached hydrogen (secondary N) is 1. The Morgan fingerprint density at radius 1 is 1.47 bits per heavy atom. The van der Waals surface area contributed by atoms with Crippen molar-refractivity contribution in [1.29, 1.82) is 0 Å². The van der Waals surface area contributed by atoms with Gasteiger partial charge in [-0.1, -0.05) is 28.9 Å². The fraction of sp³-hybridized carbons (Fsp3) is 0.600. The van der Waals surface area contributed by atoms with Crippen LogP contribution >= 0.6 is 15.9 Å². The smallest absolute Gasteiger partial charge is 0.128 e. The molecule has 1 N–H and O–H groups in total. The summed E-state index contributed by atoms with van der Waals surface area (Å²) in [4.78, 5) is 2.38. The molecule has 1 fully saturated rings. The first-order valence-electron chi connectivity index (χ1n) is 6.84. The summed E-state index contributed by atoms with van der Waals surface area (Å²) in [6, 6.07) is 5.83. The van der Waals surface area contributed by atoms with Crippen LogP contribution in [0.15, 0.2) is 22.7 Å². The number of nitrogens with zero attached hydrogens (tertiary/aromatic N) is 1. The van der Waals surface area contributed by atoms with E-state index >= 15 is 0 Å². The maximum absolute atomic E-state index is 14.0. The molecule has 0 radical (unpaired) electrons. The van der Waals surface area contributed by atoms with E-state index in [4.69, 9.17) is 0 Å². The van der Waals surface area contributed by atoms with Crippen LogP contribution in [0.1, 0.15) is 32.8 Å². The van der Waals surface area contributed by atoms with E-state index in [2.05, 4.69) is 46.9 Å². The largest absolute Gasteiger partial charge is 0.311 e. The molecule has 0 spiro atoms. The molecule has 0 bridgehead atoms. The number of rotatable bonds is 3. The van der Waals surface area contributed by atoms with E-state index in [9.17, 15) is 4.39 Å². The number of hydrogen-bond acceptors (Lipinski definition) is 2. The summed E-state index contributed by atoms with van der Waals surface area (Å²) in [5, 5.41) is 3.56. The van der Waals surface area contributed by atoms with Crippen molar-refractivity contribution >= 4 is 15.9 Å². The lowest BCUT2D eigenvalue weighted by atomic mass is 9.95. The fourth-order valence-corrected chi connectivity index (χ4v) is 2.82. The van der Waals surface area contributed by atoms with Crippen molar-refractivity contribution in [1.82, 2.24) is 10.2 Å². The quantitative estimate of drug-likeness (QED) is 0.912. The molecule has 1 heterocycles. The van der Waals surface area contributed by atoms with Crippen LogP contribution in [-0.4, -0.2) is 29.6 Å². The van der Waals surface area contributed by atoms with E-state index < -0.39 is 0 Å². The Hall–Kier alpha value is -0.450. The molecular formula is C15H22BrFN2. The van der Waals surface area contributed by atoms with Gasteiger partial charge in [0, 0.05) is 41.3 Å². The van der Waals surface area contributed by atoms with Gasteiger partial charge in [-0.25, -0.2) is 4.39 Å². The number of piperazine rings is 1. The van der Waals surface area contributed by atoms with Crippen molar-refractivity contribution in [2.45, 2.75) is 45.3 Å². The lowest BCUT2D eigenvalue weighted by Gasteiger charge is -2.46. The molecule has 1 saturated heterocycles. The first-order valence-corrected chi connectivity index (χ1v) is 7.64. The Morgan fingerprint density at radius 3 is 2.84 bits per heavy atom. The summed E-state index contributed by atoms with van der Waals surface area (Å²) in [5.74, 6) is -0.128. The minimum Gasteiger partial charge on any atom is -0.311 e. The van der Waals surface area contributed by atoms with Crippen molar-refractivity contribution < 1.29 is 4.39 Å². The highest BCUT2D eigenvalue weighted by atomic mass is 79.9. The highest BCUT2D eigenvalue weighted by Gasteiger charge is 2.33. The SMILES string of the molecule is CCC1CN(Cc2ccc(Br)cc2F)C(C)(C)CN1. The standard InChI is InChI=1S/C15H22BrFN2/c1-4-13-9-19(15(2,3)10-18-13)8-11-5-6-12(16)7-14(11)17/h5-7,13,18H,4,8-10H2,1-3H3. The van der Waals surface area contributed by atoms with Crippen molar-refractivity contribution in [3.63, 3.8) is 0 Å². The van der Waals surface area contributed by atoms with Crippen LogP contribution < -0.4 is 5.32 Å². The normalized spacial score (nSPS) is 23.5. The third kappa shape index (κ3) is 3.56. The summed E-state index contributed by atoms with van der Waals surface area (Å²) in [7, 11) is 0. The zero-order valence-corrected chi connectivity index (χ0v) is 13.4. The molecule has 2 rings (SSSR count). The van der Waals surface area contributed by atoms with Crippen LogP contribution in [0, 0.1) is 5.82 Å². The van der Waals surface area contributed by atoms with Crippen LogP contribution in [0.2, 0.25) is 0 Å². The van der Waals surface area contributed by atoms with Gasteiger partial charge in [-0.05, 0) is 32.4 Å². The van der Waals surface area contributed by atoms with Gasteiger partial charge in [0.15, 0.2) is 0 Å². The van der Waals surface area contributed by atoms with Gasteiger partial charge < -0.3 is 5.32 Å². The average Bonchev–Trinajstić information content (AvgIpc) is 2.34. The molecule has 1 aliphatic rings. The zero-order valence-electron chi connectivity index (χ0n) is 11.8. The fourth-order valence-electron chi connectivity index (χ4n) is 2.49. The first-order chi connectivity index (χ1) is 8.92. The van der Waals surface area contributed by atoms with E-state index in [0.29, 0.717) is 12.6 Å². The Bertz CT molecular complexity index is 448. The third-order valence-electron chi connectivity index (χ3n) is 3.99. The van der Waals surface area contributed by atoms with E-state index in [1.807, 2.05) is 12.1 Å². The van der Waals surface area contributed by atoms with Crippen LogP contribution in [0.25, 0.3) is 0 Å². The average molecular weight is 329 g/mol. The van der Waals surface area contributed by atoms with Gasteiger partial charge in [0.2, 0.25) is 0 Å². The molecule has 4 heteroatoms. The van der Waals surface area contributed by atoms with Crippen molar-refractivity contribution in [3.8, 4) is 0 Å². The topological polar surface area (TPSA) is 15.3 Å². The predicted octanol–water partition coefficient (Wildman–Crippen LogP) is 3.55. The summed E-state index contributed by atoms with van der Waals surface area (Å²) in [6.07, 6.45) is 1.11. The lowest BCUT2D eigenvalue weighted by Crippen LogP contribution is -2.61. The molecule has 1 atom stereocenters. The molecule has 0 amide bonds. The number of halogens is 2.